The van der Waals surface area contributed by atoms with Crippen LogP contribution in [0.4, 0.5) is 5.95 Å². The minimum atomic E-state index is 0.617. The summed E-state index contributed by atoms with van der Waals surface area (Å²) in [4.78, 5) is 6.53. The summed E-state index contributed by atoms with van der Waals surface area (Å²) in [5.74, 6) is 0.617. The summed E-state index contributed by atoms with van der Waals surface area (Å²) in [6.07, 6.45) is 1.70. The molecule has 0 aliphatic rings. The van der Waals surface area contributed by atoms with Crippen LogP contribution in [0.25, 0.3) is 0 Å². The summed E-state index contributed by atoms with van der Waals surface area (Å²) in [6.45, 7) is 4.77. The monoisotopic (exact) mass is 281 g/mol. The molecule has 0 fully saturated rings. The van der Waals surface area contributed by atoms with Crippen molar-refractivity contribution in [2.45, 2.75) is 33.2 Å². The summed E-state index contributed by atoms with van der Waals surface area (Å²) in [5, 5.41) is 17.4. The topological polar surface area (TPSA) is 65.7 Å². The first-order chi connectivity index (χ1) is 10.2. The summed E-state index contributed by atoms with van der Waals surface area (Å²) < 4.78 is 0. The fourth-order valence-electron chi connectivity index (χ4n) is 2.17. The third-order valence-electron chi connectivity index (χ3n) is 3.32. The van der Waals surface area contributed by atoms with E-state index >= 15 is 0 Å². The zero-order valence-electron chi connectivity index (χ0n) is 12.7. The van der Waals surface area contributed by atoms with Crippen molar-refractivity contribution >= 4 is 5.95 Å². The van der Waals surface area contributed by atoms with E-state index in [1.165, 1.54) is 0 Å². The smallest absolute Gasteiger partial charge is 0.245 e. The molecule has 1 aromatic carbocycles. The van der Waals surface area contributed by atoms with Gasteiger partial charge >= 0.3 is 0 Å². The average Bonchev–Trinajstić information content (AvgIpc) is 2.54. The summed E-state index contributed by atoms with van der Waals surface area (Å²) >= 11 is 0. The van der Waals surface area contributed by atoms with Crippen LogP contribution in [0.1, 0.15) is 36.4 Å². The van der Waals surface area contributed by atoms with Crippen molar-refractivity contribution in [3.8, 4) is 6.07 Å². The van der Waals surface area contributed by atoms with Gasteiger partial charge in [-0.25, -0.2) is 4.98 Å². The molecule has 0 amide bonds. The first kappa shape index (κ1) is 14.9. The highest BCUT2D eigenvalue weighted by atomic mass is 15.3. The lowest BCUT2D eigenvalue weighted by atomic mass is 10.1. The molecule has 0 aliphatic heterocycles. The van der Waals surface area contributed by atoms with Gasteiger partial charge in [-0.05, 0) is 30.5 Å². The molecule has 0 aliphatic carbocycles. The molecule has 108 valence electrons. The Bertz CT molecular complexity index is 660. The number of hydrogen-bond donors (Lipinski definition) is 0. The predicted molar refractivity (Wildman–Crippen MR) is 81.8 cm³/mol. The highest BCUT2D eigenvalue weighted by Gasteiger charge is 2.10. The van der Waals surface area contributed by atoms with Gasteiger partial charge in [-0.2, -0.15) is 10.4 Å². The molecule has 1 heterocycles. The summed E-state index contributed by atoms with van der Waals surface area (Å²) in [6, 6.07) is 9.71. The van der Waals surface area contributed by atoms with Crippen LogP contribution in [0.3, 0.4) is 0 Å². The standard InChI is InChI=1S/C16H19N5/c1-4-14-15(5-2)19-20-16(18-14)21(3)11-13-8-6-7-12(9-13)10-17/h6-9H,4-5,11H2,1-3H3. The lowest BCUT2D eigenvalue weighted by molar-refractivity contribution is 0.772. The van der Waals surface area contributed by atoms with Gasteiger partial charge in [-0.1, -0.05) is 26.0 Å². The van der Waals surface area contributed by atoms with E-state index < -0.39 is 0 Å². The molecule has 0 N–H and O–H groups in total. The lowest BCUT2D eigenvalue weighted by Crippen LogP contribution is -2.21. The SMILES string of the molecule is CCc1nnc(N(C)Cc2cccc(C#N)c2)nc1CC. The number of aromatic nitrogens is 3. The van der Waals surface area contributed by atoms with Gasteiger partial charge in [0.25, 0.3) is 0 Å². The second-order valence-electron chi connectivity index (χ2n) is 4.88. The molecule has 0 unspecified atom stereocenters. The van der Waals surface area contributed by atoms with Gasteiger partial charge in [-0.3, -0.25) is 0 Å². The highest BCUT2D eigenvalue weighted by molar-refractivity contribution is 5.36. The quantitative estimate of drug-likeness (QED) is 0.842. The molecule has 1 aromatic heterocycles. The van der Waals surface area contributed by atoms with Gasteiger partial charge in [0, 0.05) is 13.6 Å². The number of hydrogen-bond acceptors (Lipinski definition) is 5. The van der Waals surface area contributed by atoms with Crippen molar-refractivity contribution in [1.29, 1.82) is 5.26 Å². The van der Waals surface area contributed by atoms with Crippen molar-refractivity contribution in [2.24, 2.45) is 0 Å². The van der Waals surface area contributed by atoms with Crippen molar-refractivity contribution in [2.75, 3.05) is 11.9 Å². The maximum absolute atomic E-state index is 8.94. The van der Waals surface area contributed by atoms with Gasteiger partial charge in [0.15, 0.2) is 0 Å². The summed E-state index contributed by atoms with van der Waals surface area (Å²) in [7, 11) is 1.93. The minimum Gasteiger partial charge on any atom is -0.338 e. The Kier molecular flexibility index (Phi) is 4.83. The van der Waals surface area contributed by atoms with Gasteiger partial charge in [-0.15, -0.1) is 5.10 Å². The second-order valence-corrected chi connectivity index (χ2v) is 4.88. The van der Waals surface area contributed by atoms with E-state index in [2.05, 4.69) is 35.1 Å². The second kappa shape index (κ2) is 6.80. The molecule has 5 nitrogen and oxygen atoms in total. The molecule has 21 heavy (non-hydrogen) atoms. The molecular formula is C16H19N5. The molecule has 0 spiro atoms. The van der Waals surface area contributed by atoms with Crippen LogP contribution < -0.4 is 4.90 Å². The van der Waals surface area contributed by atoms with Crippen molar-refractivity contribution in [3.63, 3.8) is 0 Å². The largest absolute Gasteiger partial charge is 0.338 e. The zero-order chi connectivity index (χ0) is 15.2. The van der Waals surface area contributed by atoms with Crippen LogP contribution in [0.5, 0.6) is 0 Å². The van der Waals surface area contributed by atoms with Crippen LogP contribution in [0, 0.1) is 11.3 Å². The highest BCUT2D eigenvalue weighted by Crippen LogP contribution is 2.13. The van der Waals surface area contributed by atoms with Crippen molar-refractivity contribution in [3.05, 3.63) is 46.8 Å². The fraction of sp³-hybridized carbons (Fsp3) is 0.375. The normalized spacial score (nSPS) is 10.2. The van der Waals surface area contributed by atoms with Gasteiger partial charge in [0.05, 0.1) is 23.0 Å². The molecule has 0 saturated heterocycles. The third kappa shape index (κ3) is 3.54. The van der Waals surface area contributed by atoms with Crippen LogP contribution in [-0.4, -0.2) is 22.2 Å². The number of benzene rings is 1. The Labute approximate surface area is 125 Å². The first-order valence-electron chi connectivity index (χ1n) is 7.10. The van der Waals surface area contributed by atoms with E-state index in [1.54, 1.807) is 6.07 Å². The van der Waals surface area contributed by atoms with Crippen LogP contribution in [0.15, 0.2) is 24.3 Å². The van der Waals surface area contributed by atoms with Gasteiger partial charge < -0.3 is 4.90 Å². The molecule has 2 aromatic rings. The average molecular weight is 281 g/mol. The number of rotatable bonds is 5. The maximum Gasteiger partial charge on any atom is 0.245 e. The number of nitriles is 1. The van der Waals surface area contributed by atoms with E-state index in [0.29, 0.717) is 18.1 Å². The maximum atomic E-state index is 8.94. The van der Waals surface area contributed by atoms with Gasteiger partial charge in [0.2, 0.25) is 5.95 Å². The van der Waals surface area contributed by atoms with E-state index in [4.69, 9.17) is 5.26 Å². The van der Waals surface area contributed by atoms with Crippen molar-refractivity contribution < 1.29 is 0 Å². The molecule has 0 radical (unpaired) electrons. The molecule has 0 bridgehead atoms. The molecule has 0 atom stereocenters. The Morgan fingerprint density at radius 2 is 1.90 bits per heavy atom. The van der Waals surface area contributed by atoms with Crippen LogP contribution >= 0.6 is 0 Å². The lowest BCUT2D eigenvalue weighted by Gasteiger charge is -2.17. The Morgan fingerprint density at radius 1 is 1.14 bits per heavy atom. The van der Waals surface area contributed by atoms with E-state index in [0.717, 1.165) is 29.8 Å². The Hall–Kier alpha value is -2.48. The van der Waals surface area contributed by atoms with E-state index in [-0.39, 0.29) is 0 Å². The summed E-state index contributed by atoms with van der Waals surface area (Å²) in [5.41, 5.74) is 3.68. The predicted octanol–water partition coefficient (Wildman–Crippen LogP) is 2.50. The molecule has 2 rings (SSSR count). The third-order valence-corrected chi connectivity index (χ3v) is 3.32. The van der Waals surface area contributed by atoms with Crippen LogP contribution in [-0.2, 0) is 19.4 Å². The molecule has 0 saturated carbocycles. The Morgan fingerprint density at radius 3 is 2.57 bits per heavy atom. The number of aryl methyl sites for hydroxylation is 2. The van der Waals surface area contributed by atoms with E-state index in [9.17, 15) is 0 Å². The molecular weight excluding hydrogens is 262 g/mol. The molecule has 5 heteroatoms. The van der Waals surface area contributed by atoms with Gasteiger partial charge in [0.1, 0.15) is 0 Å². The number of nitrogens with zero attached hydrogens (tertiary/aromatic N) is 5. The number of anilines is 1. The zero-order valence-corrected chi connectivity index (χ0v) is 12.7. The van der Waals surface area contributed by atoms with Crippen LogP contribution in [0.2, 0.25) is 0 Å². The van der Waals surface area contributed by atoms with Crippen molar-refractivity contribution in [1.82, 2.24) is 15.2 Å². The minimum absolute atomic E-state index is 0.617. The van der Waals surface area contributed by atoms with E-state index in [1.807, 2.05) is 30.1 Å². The first-order valence-corrected chi connectivity index (χ1v) is 7.10. The Balaban J connectivity index is 2.20. The fourth-order valence-corrected chi connectivity index (χ4v) is 2.17.